The highest BCUT2D eigenvalue weighted by atomic mass is 16.6. The van der Waals surface area contributed by atoms with E-state index < -0.39 is 5.97 Å². The van der Waals surface area contributed by atoms with Gasteiger partial charge in [-0.3, -0.25) is 0 Å². The quantitative estimate of drug-likeness (QED) is 0.555. The topological polar surface area (TPSA) is 66.3 Å². The summed E-state index contributed by atoms with van der Waals surface area (Å²) in [5.74, 6) is 1.85. The standard InChI is InChI=1S/C22H23NO5/c1-13(2)14-6-7-20(27-5)15(8-14)11-19-22(24)28-21(23-19)16-9-17(25-3)12-18(10-16)26-4/h6-13H,1-5H3/b19-11-. The van der Waals surface area contributed by atoms with Crippen molar-refractivity contribution >= 4 is 17.9 Å². The first-order valence-corrected chi connectivity index (χ1v) is 8.89. The van der Waals surface area contributed by atoms with Crippen LogP contribution in [0.25, 0.3) is 6.08 Å². The van der Waals surface area contributed by atoms with Crippen LogP contribution in [-0.2, 0) is 9.53 Å². The van der Waals surface area contributed by atoms with Crippen molar-refractivity contribution in [3.8, 4) is 17.2 Å². The maximum atomic E-state index is 12.4. The first kappa shape index (κ1) is 19.5. The number of esters is 1. The second-order valence-corrected chi connectivity index (χ2v) is 6.59. The van der Waals surface area contributed by atoms with Crippen LogP contribution in [0.3, 0.4) is 0 Å². The molecule has 0 N–H and O–H groups in total. The molecule has 146 valence electrons. The highest BCUT2D eigenvalue weighted by Crippen LogP contribution is 2.29. The monoisotopic (exact) mass is 381 g/mol. The number of cyclic esters (lactones) is 1. The fourth-order valence-corrected chi connectivity index (χ4v) is 2.84. The molecule has 1 aliphatic rings. The zero-order valence-electron chi connectivity index (χ0n) is 16.6. The number of nitrogens with zero attached hydrogens (tertiary/aromatic N) is 1. The number of ether oxygens (including phenoxy) is 4. The fourth-order valence-electron chi connectivity index (χ4n) is 2.84. The lowest BCUT2D eigenvalue weighted by molar-refractivity contribution is -0.129. The maximum Gasteiger partial charge on any atom is 0.363 e. The van der Waals surface area contributed by atoms with Gasteiger partial charge < -0.3 is 18.9 Å². The molecule has 2 aromatic rings. The van der Waals surface area contributed by atoms with Gasteiger partial charge in [-0.25, -0.2) is 9.79 Å². The summed E-state index contributed by atoms with van der Waals surface area (Å²) in [6.07, 6.45) is 1.68. The Morgan fingerprint density at radius 1 is 0.964 bits per heavy atom. The van der Waals surface area contributed by atoms with Crippen LogP contribution in [0.2, 0.25) is 0 Å². The van der Waals surface area contributed by atoms with E-state index >= 15 is 0 Å². The van der Waals surface area contributed by atoms with Crippen LogP contribution in [0.15, 0.2) is 47.1 Å². The highest BCUT2D eigenvalue weighted by molar-refractivity contribution is 6.13. The van der Waals surface area contributed by atoms with Crippen molar-refractivity contribution in [2.24, 2.45) is 4.99 Å². The second kappa shape index (κ2) is 8.17. The Bertz CT molecular complexity index is 937. The van der Waals surface area contributed by atoms with Gasteiger partial charge in [-0.2, -0.15) is 0 Å². The Hall–Kier alpha value is -3.28. The number of aliphatic imine (C=N–C) groups is 1. The zero-order valence-corrected chi connectivity index (χ0v) is 16.6. The molecule has 0 spiro atoms. The molecule has 0 saturated heterocycles. The van der Waals surface area contributed by atoms with E-state index in [2.05, 4.69) is 18.8 Å². The molecule has 0 bridgehead atoms. The van der Waals surface area contributed by atoms with Gasteiger partial charge in [0, 0.05) is 17.2 Å². The first-order valence-electron chi connectivity index (χ1n) is 8.89. The molecule has 2 aromatic carbocycles. The lowest BCUT2D eigenvalue weighted by Gasteiger charge is -2.10. The number of rotatable bonds is 6. The van der Waals surface area contributed by atoms with Gasteiger partial charge in [0.1, 0.15) is 17.2 Å². The fraction of sp³-hybridized carbons (Fsp3) is 0.273. The Morgan fingerprint density at radius 2 is 1.64 bits per heavy atom. The van der Waals surface area contributed by atoms with Crippen molar-refractivity contribution in [2.75, 3.05) is 21.3 Å². The molecule has 1 heterocycles. The predicted molar refractivity (Wildman–Crippen MR) is 107 cm³/mol. The molecule has 0 aromatic heterocycles. The van der Waals surface area contributed by atoms with Crippen LogP contribution in [-0.4, -0.2) is 33.2 Å². The van der Waals surface area contributed by atoms with Crippen LogP contribution in [0, 0.1) is 0 Å². The number of methoxy groups -OCH3 is 3. The minimum absolute atomic E-state index is 0.201. The van der Waals surface area contributed by atoms with Gasteiger partial charge in [0.25, 0.3) is 0 Å². The van der Waals surface area contributed by atoms with E-state index in [0.717, 1.165) is 11.1 Å². The molecule has 0 fully saturated rings. The van der Waals surface area contributed by atoms with Gasteiger partial charge in [-0.1, -0.05) is 19.9 Å². The van der Waals surface area contributed by atoms with Crippen molar-refractivity contribution in [2.45, 2.75) is 19.8 Å². The van der Waals surface area contributed by atoms with Crippen molar-refractivity contribution in [1.82, 2.24) is 0 Å². The number of carbonyl (C=O) groups excluding carboxylic acids is 1. The van der Waals surface area contributed by atoms with Crippen molar-refractivity contribution < 1.29 is 23.7 Å². The molecule has 1 aliphatic heterocycles. The number of hydrogen-bond acceptors (Lipinski definition) is 6. The summed E-state index contributed by atoms with van der Waals surface area (Å²) in [7, 11) is 4.71. The molecule has 3 rings (SSSR count). The van der Waals surface area contributed by atoms with E-state index in [1.165, 1.54) is 0 Å². The van der Waals surface area contributed by atoms with Gasteiger partial charge >= 0.3 is 5.97 Å². The lowest BCUT2D eigenvalue weighted by Crippen LogP contribution is -2.06. The third-order valence-electron chi connectivity index (χ3n) is 4.43. The highest BCUT2D eigenvalue weighted by Gasteiger charge is 2.25. The van der Waals surface area contributed by atoms with Gasteiger partial charge in [-0.05, 0) is 41.8 Å². The van der Waals surface area contributed by atoms with Gasteiger partial charge in [0.15, 0.2) is 5.70 Å². The molecule has 28 heavy (non-hydrogen) atoms. The van der Waals surface area contributed by atoms with E-state index in [1.54, 1.807) is 45.6 Å². The molecule has 0 atom stereocenters. The van der Waals surface area contributed by atoms with Crippen molar-refractivity contribution in [3.63, 3.8) is 0 Å². The molecule has 0 saturated carbocycles. The summed E-state index contributed by atoms with van der Waals surface area (Å²) < 4.78 is 21.3. The summed E-state index contributed by atoms with van der Waals surface area (Å²) >= 11 is 0. The average molecular weight is 381 g/mol. The third kappa shape index (κ3) is 4.01. The maximum absolute atomic E-state index is 12.4. The summed E-state index contributed by atoms with van der Waals surface area (Å²) in [6.45, 7) is 4.21. The van der Waals surface area contributed by atoms with Gasteiger partial charge in [0.2, 0.25) is 5.90 Å². The molecular formula is C22H23NO5. The molecular weight excluding hydrogens is 358 g/mol. The molecule has 0 aliphatic carbocycles. The van der Waals surface area contributed by atoms with Gasteiger partial charge in [-0.15, -0.1) is 0 Å². The van der Waals surface area contributed by atoms with Crippen molar-refractivity contribution in [3.05, 3.63) is 58.8 Å². The Labute approximate surface area is 164 Å². The summed E-state index contributed by atoms with van der Waals surface area (Å²) in [6, 6.07) is 11.1. The number of benzene rings is 2. The lowest BCUT2D eigenvalue weighted by atomic mass is 10.00. The SMILES string of the molecule is COc1cc(OC)cc(C2=N/C(=C\c3cc(C(C)C)ccc3OC)C(=O)O2)c1. The molecule has 0 radical (unpaired) electrons. The van der Waals surface area contributed by atoms with E-state index in [1.807, 2.05) is 18.2 Å². The summed E-state index contributed by atoms with van der Waals surface area (Å²) in [5.41, 5.74) is 2.71. The summed E-state index contributed by atoms with van der Waals surface area (Å²) in [4.78, 5) is 16.8. The minimum Gasteiger partial charge on any atom is -0.497 e. The van der Waals surface area contributed by atoms with Crippen LogP contribution < -0.4 is 14.2 Å². The summed E-state index contributed by atoms with van der Waals surface area (Å²) in [5, 5.41) is 0. The largest absolute Gasteiger partial charge is 0.497 e. The number of carbonyl (C=O) groups is 1. The number of hydrogen-bond donors (Lipinski definition) is 0. The average Bonchev–Trinajstić information content (AvgIpc) is 3.07. The van der Waals surface area contributed by atoms with E-state index in [9.17, 15) is 4.79 Å². The van der Waals surface area contributed by atoms with Gasteiger partial charge in [0.05, 0.1) is 21.3 Å². The normalized spacial score (nSPS) is 14.9. The van der Waals surface area contributed by atoms with Crippen LogP contribution in [0.5, 0.6) is 17.2 Å². The predicted octanol–water partition coefficient (Wildman–Crippen LogP) is 4.18. The Balaban J connectivity index is 2.02. The van der Waals surface area contributed by atoms with E-state index in [4.69, 9.17) is 18.9 Å². The first-order chi connectivity index (χ1) is 13.4. The molecule has 0 amide bonds. The smallest absolute Gasteiger partial charge is 0.363 e. The van der Waals surface area contributed by atoms with E-state index in [0.29, 0.717) is 28.7 Å². The minimum atomic E-state index is -0.520. The van der Waals surface area contributed by atoms with Crippen molar-refractivity contribution in [1.29, 1.82) is 0 Å². The second-order valence-electron chi connectivity index (χ2n) is 6.59. The van der Waals surface area contributed by atoms with Crippen LogP contribution in [0.4, 0.5) is 0 Å². The Kier molecular flexibility index (Phi) is 5.68. The Morgan fingerprint density at radius 3 is 2.21 bits per heavy atom. The third-order valence-corrected chi connectivity index (χ3v) is 4.43. The van der Waals surface area contributed by atoms with E-state index in [-0.39, 0.29) is 11.6 Å². The van der Waals surface area contributed by atoms with Crippen LogP contribution >= 0.6 is 0 Å². The molecule has 6 heteroatoms. The molecule has 6 nitrogen and oxygen atoms in total. The molecule has 0 unspecified atom stereocenters. The zero-order chi connectivity index (χ0) is 20.3. The van der Waals surface area contributed by atoms with Crippen LogP contribution in [0.1, 0.15) is 36.5 Å².